The molecule has 1 nitrogen and oxygen atoms in total. The van der Waals surface area contributed by atoms with Gasteiger partial charge in [0, 0.05) is 19.6 Å². The maximum absolute atomic E-state index is 5.30. The van der Waals surface area contributed by atoms with Gasteiger partial charge in [0.15, 0.2) is 0 Å². The Morgan fingerprint density at radius 2 is 2.29 bits per heavy atom. The molecule has 0 aromatic rings. The number of rotatable bonds is 3. The fraction of sp³-hybridized carbons (Fsp3) is 1.00. The molecule has 0 rings (SSSR count). The molecule has 3 heteroatoms. The normalized spacial score (nSPS) is 7.71. The van der Waals surface area contributed by atoms with Crippen molar-refractivity contribution in [2.24, 2.45) is 0 Å². The number of alkyl halides is 1. The minimum Gasteiger partial charge on any atom is -1.00 e. The third kappa shape index (κ3) is 10.9. The Labute approximate surface area is 68.5 Å². The zero-order chi connectivity index (χ0) is 4.83. The van der Waals surface area contributed by atoms with E-state index in [1.807, 2.05) is 0 Å². The number of hydrogen-bond acceptors (Lipinski definition) is 1. The van der Waals surface area contributed by atoms with E-state index >= 15 is 0 Å². The SMILES string of the molecule is COCCCCl.[H-].[H-].[Mg+2]. The third-order valence-electron chi connectivity index (χ3n) is 0.482. The molecule has 0 aromatic heterocycles. The van der Waals surface area contributed by atoms with Gasteiger partial charge < -0.3 is 7.59 Å². The van der Waals surface area contributed by atoms with Crippen molar-refractivity contribution in [3.05, 3.63) is 0 Å². The predicted molar refractivity (Wildman–Crippen MR) is 35.2 cm³/mol. The summed E-state index contributed by atoms with van der Waals surface area (Å²) in [6.07, 6.45) is 0.956. The summed E-state index contributed by atoms with van der Waals surface area (Å²) in [5.74, 6) is 0.702. The summed E-state index contributed by atoms with van der Waals surface area (Å²) < 4.78 is 4.70. The van der Waals surface area contributed by atoms with E-state index in [-0.39, 0.29) is 25.9 Å². The molecule has 0 fully saturated rings. The zero-order valence-electron chi connectivity index (χ0n) is 6.61. The Kier molecular flexibility index (Phi) is 15.7. The summed E-state index contributed by atoms with van der Waals surface area (Å²) in [5, 5.41) is 0. The molecule has 0 aliphatic rings. The van der Waals surface area contributed by atoms with Gasteiger partial charge in [0.05, 0.1) is 0 Å². The molecule has 0 N–H and O–H groups in total. The Hall–Kier alpha value is 1.02. The number of methoxy groups -OCH3 is 1. The molecule has 0 aliphatic carbocycles. The first-order valence-corrected chi connectivity index (χ1v) is 2.50. The second-order valence-electron chi connectivity index (χ2n) is 1.04. The first-order chi connectivity index (χ1) is 2.91. The Balaban J connectivity index is -0.0000000417. The van der Waals surface area contributed by atoms with E-state index in [0.29, 0.717) is 5.88 Å². The molecule has 0 heterocycles. The first kappa shape index (κ1) is 10.9. The van der Waals surface area contributed by atoms with Gasteiger partial charge in [-0.3, -0.25) is 0 Å². The molecule has 0 radical (unpaired) electrons. The monoisotopic (exact) mass is 134 g/mol. The summed E-state index contributed by atoms with van der Waals surface area (Å²) in [5.41, 5.74) is 0. The van der Waals surface area contributed by atoms with E-state index in [9.17, 15) is 0 Å². The Morgan fingerprint density at radius 3 is 2.43 bits per heavy atom. The molecule has 0 amide bonds. The van der Waals surface area contributed by atoms with Crippen LogP contribution in [0.2, 0.25) is 0 Å². The zero-order valence-corrected chi connectivity index (χ0v) is 6.78. The summed E-state index contributed by atoms with van der Waals surface area (Å²) in [7, 11) is 1.67. The molecule has 0 bridgehead atoms. The smallest absolute Gasteiger partial charge is 1.00 e. The maximum Gasteiger partial charge on any atom is 2.00 e. The summed E-state index contributed by atoms with van der Waals surface area (Å²) in [6, 6.07) is 0. The minimum atomic E-state index is 0. The van der Waals surface area contributed by atoms with Gasteiger partial charge in [0.2, 0.25) is 0 Å². The molecular weight excluding hydrogens is 124 g/mol. The second kappa shape index (κ2) is 10.1. The Morgan fingerprint density at radius 1 is 1.71 bits per heavy atom. The minimum absolute atomic E-state index is 0. The molecule has 42 valence electrons. The fourth-order valence-electron chi connectivity index (χ4n) is 0.199. The third-order valence-corrected chi connectivity index (χ3v) is 0.749. The van der Waals surface area contributed by atoms with Crippen LogP contribution in [0.5, 0.6) is 0 Å². The standard InChI is InChI=1S/C4H9ClO.Mg.2H/c1-6-4-2-3-5;;;/h2-4H2,1H3;;;/q;+2;2*-1. The van der Waals surface area contributed by atoms with Crippen LogP contribution in [-0.2, 0) is 4.74 Å². The van der Waals surface area contributed by atoms with Gasteiger partial charge in [0.1, 0.15) is 0 Å². The average molecular weight is 135 g/mol. The van der Waals surface area contributed by atoms with Crippen LogP contribution >= 0.6 is 11.6 Å². The van der Waals surface area contributed by atoms with Crippen LogP contribution < -0.4 is 0 Å². The van der Waals surface area contributed by atoms with E-state index in [1.54, 1.807) is 7.11 Å². The molecule has 0 aliphatic heterocycles. The van der Waals surface area contributed by atoms with E-state index in [2.05, 4.69) is 0 Å². The van der Waals surface area contributed by atoms with E-state index in [4.69, 9.17) is 16.3 Å². The topological polar surface area (TPSA) is 9.23 Å². The van der Waals surface area contributed by atoms with Gasteiger partial charge in [-0.25, -0.2) is 0 Å². The van der Waals surface area contributed by atoms with Gasteiger partial charge in [-0.1, -0.05) is 0 Å². The number of ether oxygens (including phenoxy) is 1. The van der Waals surface area contributed by atoms with Crippen molar-refractivity contribution in [2.45, 2.75) is 6.42 Å². The van der Waals surface area contributed by atoms with Crippen LogP contribution in [0.15, 0.2) is 0 Å². The molecule has 0 atom stereocenters. The van der Waals surface area contributed by atoms with Crippen molar-refractivity contribution in [2.75, 3.05) is 19.6 Å². The van der Waals surface area contributed by atoms with Crippen molar-refractivity contribution in [3.63, 3.8) is 0 Å². The van der Waals surface area contributed by atoms with Gasteiger partial charge in [-0.05, 0) is 6.42 Å². The fourth-order valence-corrected chi connectivity index (χ4v) is 0.308. The van der Waals surface area contributed by atoms with Crippen LogP contribution in [-0.4, -0.2) is 42.6 Å². The quantitative estimate of drug-likeness (QED) is 0.320. The van der Waals surface area contributed by atoms with Crippen LogP contribution in [0.4, 0.5) is 0 Å². The maximum atomic E-state index is 5.30. The molecule has 0 aromatic carbocycles. The largest absolute Gasteiger partial charge is 2.00 e. The predicted octanol–water partition coefficient (Wildman–Crippen LogP) is 1.11. The van der Waals surface area contributed by atoms with Crippen molar-refractivity contribution < 1.29 is 7.59 Å². The van der Waals surface area contributed by atoms with Crippen molar-refractivity contribution >= 4 is 34.7 Å². The van der Waals surface area contributed by atoms with Crippen LogP contribution in [0.25, 0.3) is 0 Å². The molecule has 0 saturated carbocycles. The molecule has 0 unspecified atom stereocenters. The van der Waals surface area contributed by atoms with Gasteiger partial charge in [-0.15, -0.1) is 11.6 Å². The molecule has 0 spiro atoms. The van der Waals surface area contributed by atoms with Crippen LogP contribution in [0.1, 0.15) is 9.27 Å². The van der Waals surface area contributed by atoms with Gasteiger partial charge >= 0.3 is 23.1 Å². The summed E-state index contributed by atoms with van der Waals surface area (Å²) in [4.78, 5) is 0. The van der Waals surface area contributed by atoms with Gasteiger partial charge in [0.25, 0.3) is 0 Å². The summed E-state index contributed by atoms with van der Waals surface area (Å²) >= 11 is 5.30. The van der Waals surface area contributed by atoms with E-state index in [0.717, 1.165) is 13.0 Å². The summed E-state index contributed by atoms with van der Waals surface area (Å²) in [6.45, 7) is 0.781. The molecular formula is C4H11ClMgO. The second-order valence-corrected chi connectivity index (χ2v) is 1.41. The van der Waals surface area contributed by atoms with Crippen molar-refractivity contribution in [3.8, 4) is 0 Å². The van der Waals surface area contributed by atoms with Crippen LogP contribution in [0.3, 0.4) is 0 Å². The first-order valence-electron chi connectivity index (χ1n) is 1.96. The van der Waals surface area contributed by atoms with E-state index < -0.39 is 0 Å². The van der Waals surface area contributed by atoms with Gasteiger partial charge in [-0.2, -0.15) is 0 Å². The van der Waals surface area contributed by atoms with Crippen LogP contribution in [0, 0.1) is 0 Å². The number of halogens is 1. The van der Waals surface area contributed by atoms with Crippen molar-refractivity contribution in [1.82, 2.24) is 0 Å². The van der Waals surface area contributed by atoms with E-state index in [1.165, 1.54) is 0 Å². The van der Waals surface area contributed by atoms with Crippen molar-refractivity contribution in [1.29, 1.82) is 0 Å². The molecule has 7 heavy (non-hydrogen) atoms. The average Bonchev–Trinajstić information content (AvgIpc) is 1.61. The molecule has 0 saturated heterocycles. The number of hydrogen-bond donors (Lipinski definition) is 0. The Bertz CT molecular complexity index is 30.5.